The number of anilines is 1. The van der Waals surface area contributed by atoms with Crippen molar-refractivity contribution in [2.24, 2.45) is 20.5 Å². The maximum atomic E-state index is 12.6. The molecule has 0 aliphatic rings. The third-order valence-electron chi connectivity index (χ3n) is 6.66. The van der Waals surface area contributed by atoms with Crippen molar-refractivity contribution in [1.29, 1.82) is 0 Å². The van der Waals surface area contributed by atoms with Crippen molar-refractivity contribution in [2.45, 2.75) is 26.4 Å². The highest BCUT2D eigenvalue weighted by Crippen LogP contribution is 2.38. The van der Waals surface area contributed by atoms with E-state index >= 15 is 0 Å². The van der Waals surface area contributed by atoms with E-state index in [0.29, 0.717) is 15.1 Å². The fraction of sp³-hybridized carbons (Fsp3) is 0.121. The number of benzene rings is 3. The highest BCUT2D eigenvalue weighted by molar-refractivity contribution is 7.30. The number of Topliss-reactive ketones (excluding diaryl/α,β-unsaturated/α-hetero) is 1. The molecule has 0 saturated heterocycles. The van der Waals surface area contributed by atoms with Gasteiger partial charge in [-0.15, -0.1) is 31.8 Å². The molecule has 0 atom stereocenters. The van der Waals surface area contributed by atoms with Gasteiger partial charge in [0.2, 0.25) is 0 Å². The number of ketones is 1. The van der Waals surface area contributed by atoms with Crippen molar-refractivity contribution in [3.05, 3.63) is 112 Å². The van der Waals surface area contributed by atoms with Crippen molar-refractivity contribution >= 4 is 96.7 Å². The number of hydrogen-bond donors (Lipinski definition) is 1. The van der Waals surface area contributed by atoms with Crippen molar-refractivity contribution < 1.29 is 18.0 Å². The van der Waals surface area contributed by atoms with E-state index in [0.717, 1.165) is 53.1 Å². The summed E-state index contributed by atoms with van der Waals surface area (Å²) in [6.07, 6.45) is -4.38. The summed E-state index contributed by atoms with van der Waals surface area (Å²) >= 11 is 5.71. The van der Waals surface area contributed by atoms with Crippen LogP contribution in [0.1, 0.15) is 32.1 Å². The van der Waals surface area contributed by atoms with Crippen LogP contribution in [0.2, 0.25) is 0 Å². The number of nitrogen functional groups attached to an aromatic ring is 1. The number of thiazole rings is 2. The molecule has 0 saturated carbocycles. The zero-order valence-corrected chi connectivity index (χ0v) is 28.5. The molecule has 0 fully saturated rings. The maximum Gasteiger partial charge on any atom is 0.416 e. The average Bonchev–Trinajstić information content (AvgIpc) is 3.80. The van der Waals surface area contributed by atoms with E-state index in [1.807, 2.05) is 74.5 Å². The maximum absolute atomic E-state index is 12.6. The molecule has 0 unspecified atom stereocenters. The number of nitrogens with zero attached hydrogens (tertiary/aromatic N) is 6. The van der Waals surface area contributed by atoms with Gasteiger partial charge >= 0.3 is 6.18 Å². The van der Waals surface area contributed by atoms with Gasteiger partial charge in [0.25, 0.3) is 0 Å². The largest absolute Gasteiger partial charge is 0.416 e. The topological polar surface area (TPSA) is 118 Å². The van der Waals surface area contributed by atoms with Gasteiger partial charge in [0, 0.05) is 5.56 Å². The number of azo groups is 2. The molecule has 4 heterocycles. The van der Waals surface area contributed by atoms with Crippen LogP contribution >= 0.6 is 45.3 Å². The van der Waals surface area contributed by atoms with Crippen LogP contribution in [0.3, 0.4) is 0 Å². The Labute approximate surface area is 288 Å². The minimum absolute atomic E-state index is 0.0393. The van der Waals surface area contributed by atoms with Crippen LogP contribution in [-0.2, 0) is 12.6 Å². The molecular weight excluding hydrogens is 696 g/mol. The summed E-state index contributed by atoms with van der Waals surface area (Å²) < 4.78 is 39.9. The summed E-state index contributed by atoms with van der Waals surface area (Å²) in [5.74, 6) is -0.274. The van der Waals surface area contributed by atoms with Crippen molar-refractivity contribution in [3.8, 4) is 0 Å². The van der Waals surface area contributed by atoms with Crippen LogP contribution < -0.4 is 5.73 Å². The fourth-order valence-corrected chi connectivity index (χ4v) is 8.06. The number of halogens is 3. The van der Waals surface area contributed by atoms with Crippen molar-refractivity contribution in [2.75, 3.05) is 5.73 Å². The Morgan fingerprint density at radius 2 is 1.19 bits per heavy atom. The molecule has 48 heavy (non-hydrogen) atoms. The summed E-state index contributed by atoms with van der Waals surface area (Å²) in [6.45, 7) is 4.05. The van der Waals surface area contributed by atoms with E-state index < -0.39 is 11.7 Å². The molecule has 0 spiro atoms. The van der Waals surface area contributed by atoms with E-state index in [4.69, 9.17) is 5.73 Å². The normalized spacial score (nSPS) is 11.9. The molecule has 3 aromatic carbocycles. The van der Waals surface area contributed by atoms with E-state index in [9.17, 15) is 18.0 Å². The van der Waals surface area contributed by atoms with Crippen LogP contribution in [0.25, 0.3) is 19.1 Å². The van der Waals surface area contributed by atoms with Crippen LogP contribution in [-0.4, -0.2) is 15.8 Å². The van der Waals surface area contributed by atoms with Gasteiger partial charge in [0.1, 0.15) is 24.7 Å². The monoisotopic (exact) mass is 719 g/mol. The molecule has 2 N–H and O–H groups in total. The molecular formula is C33H24F3N7OS4. The number of rotatable bonds is 7. The van der Waals surface area contributed by atoms with Crippen LogP contribution in [0.15, 0.2) is 105 Å². The Kier molecular flexibility index (Phi) is 9.82. The first-order valence-corrected chi connectivity index (χ1v) is 17.5. The SMILES string of the molecule is Cc1ccc(N=Nc2cc3sc(CC(=O)c4ccc(C(F)(F)F)cc4)nc3s2)cc1.Cc1ccc(N=Nc2cc3sc(N)nc3s2)cc1. The number of aromatic nitrogens is 2. The Bertz CT molecular complexity index is 2180. The second kappa shape index (κ2) is 14.2. The number of aryl methyl sites for hydroxylation is 2. The Morgan fingerprint density at radius 1 is 0.688 bits per heavy atom. The predicted molar refractivity (Wildman–Crippen MR) is 190 cm³/mol. The van der Waals surface area contributed by atoms with Gasteiger partial charge in [-0.3, -0.25) is 4.79 Å². The summed E-state index contributed by atoms with van der Waals surface area (Å²) in [7, 11) is 0. The van der Waals surface area contributed by atoms with Crippen molar-refractivity contribution in [1.82, 2.24) is 9.97 Å². The Morgan fingerprint density at radius 3 is 1.67 bits per heavy atom. The van der Waals surface area contributed by atoms with Gasteiger partial charge in [-0.2, -0.15) is 13.2 Å². The highest BCUT2D eigenvalue weighted by atomic mass is 32.1. The zero-order valence-electron chi connectivity index (χ0n) is 25.2. The third-order valence-corrected chi connectivity index (χ3v) is 10.6. The molecule has 0 aliphatic carbocycles. The van der Waals surface area contributed by atoms with Crippen LogP contribution in [0.4, 0.5) is 39.7 Å². The first-order valence-electron chi connectivity index (χ1n) is 14.2. The lowest BCUT2D eigenvalue weighted by molar-refractivity contribution is -0.137. The summed E-state index contributed by atoms with van der Waals surface area (Å²) in [5, 5.41) is 19.6. The molecule has 7 rings (SSSR count). The van der Waals surface area contributed by atoms with Gasteiger partial charge in [-0.05, 0) is 62.4 Å². The summed E-state index contributed by atoms with van der Waals surface area (Å²) in [5.41, 5.74) is 9.05. The highest BCUT2D eigenvalue weighted by Gasteiger charge is 2.30. The van der Waals surface area contributed by atoms with Gasteiger partial charge in [0.15, 0.2) is 10.9 Å². The fourth-order valence-electron chi connectivity index (χ4n) is 4.20. The summed E-state index contributed by atoms with van der Waals surface area (Å²) in [6, 6.07) is 23.7. The number of carbonyl (C=O) groups excluding carboxylic acids is 1. The molecule has 4 aromatic heterocycles. The number of fused-ring (bicyclic) bond motifs is 2. The molecule has 8 nitrogen and oxygen atoms in total. The first kappa shape index (κ1) is 33.2. The first-order chi connectivity index (χ1) is 23.0. The lowest BCUT2D eigenvalue weighted by atomic mass is 10.1. The van der Waals surface area contributed by atoms with Gasteiger partial charge < -0.3 is 5.73 Å². The minimum Gasteiger partial charge on any atom is -0.375 e. The zero-order chi connectivity index (χ0) is 33.8. The molecule has 0 radical (unpaired) electrons. The van der Waals surface area contributed by atoms with Gasteiger partial charge in [0.05, 0.1) is 32.8 Å². The second-order valence-electron chi connectivity index (χ2n) is 10.4. The summed E-state index contributed by atoms with van der Waals surface area (Å²) in [4.78, 5) is 22.7. The molecule has 0 amide bonds. The van der Waals surface area contributed by atoms with Crippen molar-refractivity contribution in [3.63, 3.8) is 0 Å². The van der Waals surface area contributed by atoms with E-state index in [-0.39, 0.29) is 17.8 Å². The number of hydrogen-bond acceptors (Lipinski definition) is 12. The molecule has 7 aromatic rings. The van der Waals surface area contributed by atoms with E-state index in [2.05, 4.69) is 30.4 Å². The molecule has 0 bridgehead atoms. The van der Waals surface area contributed by atoms with E-state index in [1.54, 1.807) is 0 Å². The lowest BCUT2D eigenvalue weighted by Crippen LogP contribution is -2.07. The van der Waals surface area contributed by atoms with Crippen LogP contribution in [0, 0.1) is 13.8 Å². The standard InChI is InChI=1S/C21H14F3N3OS2.C12H10N4S2/c1-12-2-8-15(9-3-12)26-27-19-11-17-20(30-19)25-18(29-17)10-16(28)13-4-6-14(7-5-13)21(22,23)24;1-7-2-4-8(5-3-7)15-16-10-6-9-11(18-10)14-12(13)17-9/h2-9,11H,10H2,1H3;2-6H,1H3,(H2,13,14). The Balaban J connectivity index is 0.000000189. The average molecular weight is 720 g/mol. The number of carbonyl (C=O) groups is 1. The minimum atomic E-state index is -4.42. The lowest BCUT2D eigenvalue weighted by Gasteiger charge is -2.06. The molecule has 15 heteroatoms. The van der Waals surface area contributed by atoms with Gasteiger partial charge in [-0.1, -0.05) is 81.5 Å². The quantitative estimate of drug-likeness (QED) is 0.130. The molecule has 0 aliphatic heterocycles. The van der Waals surface area contributed by atoms with Gasteiger partial charge in [-0.25, -0.2) is 9.97 Å². The van der Waals surface area contributed by atoms with Crippen LogP contribution in [0.5, 0.6) is 0 Å². The smallest absolute Gasteiger partial charge is 0.375 e. The predicted octanol–water partition coefficient (Wildman–Crippen LogP) is 12.2. The Hall–Kier alpha value is -4.70. The second-order valence-corrected chi connectivity index (χ2v) is 14.6. The molecule has 242 valence electrons. The number of alkyl halides is 3. The van der Waals surface area contributed by atoms with E-state index in [1.165, 1.54) is 63.0 Å². The third kappa shape index (κ3) is 8.41. The number of thiophene rings is 2. The number of nitrogens with two attached hydrogens (primary N) is 1.